The van der Waals surface area contributed by atoms with Crippen LogP contribution in [0.25, 0.3) is 0 Å². The van der Waals surface area contributed by atoms with Crippen molar-refractivity contribution in [3.63, 3.8) is 0 Å². The molecule has 3 nitrogen and oxygen atoms in total. The molecule has 0 amide bonds. The molecule has 1 fully saturated rings. The molecule has 0 aliphatic carbocycles. The maximum Gasteiger partial charge on any atom is 0.126 e. The molecule has 0 bridgehead atoms. The summed E-state index contributed by atoms with van der Waals surface area (Å²) in [7, 11) is 0. The van der Waals surface area contributed by atoms with Crippen LogP contribution in [0.1, 0.15) is 38.2 Å². The van der Waals surface area contributed by atoms with Gasteiger partial charge in [0.25, 0.3) is 0 Å². The van der Waals surface area contributed by atoms with E-state index in [0.717, 1.165) is 31.7 Å². The van der Waals surface area contributed by atoms with Crippen molar-refractivity contribution in [1.82, 2.24) is 5.32 Å². The number of piperidine rings is 1. The molecule has 20 heavy (non-hydrogen) atoms. The summed E-state index contributed by atoms with van der Waals surface area (Å²) in [6.07, 6.45) is 4.67. The zero-order valence-corrected chi connectivity index (χ0v) is 12.0. The number of nitrogens with one attached hydrogen (secondary N) is 1. The zero-order chi connectivity index (χ0) is 14.4. The molecule has 1 saturated heterocycles. The van der Waals surface area contributed by atoms with Crippen molar-refractivity contribution in [1.29, 1.82) is 5.26 Å². The summed E-state index contributed by atoms with van der Waals surface area (Å²) >= 11 is 0. The fraction of sp³-hybridized carbons (Fsp3) is 0.562. The van der Waals surface area contributed by atoms with Gasteiger partial charge in [-0.3, -0.25) is 0 Å². The van der Waals surface area contributed by atoms with E-state index in [1.165, 1.54) is 31.4 Å². The number of hydrogen-bond donors (Lipinski definition) is 1. The summed E-state index contributed by atoms with van der Waals surface area (Å²) in [5, 5.41) is 12.5. The van der Waals surface area contributed by atoms with Gasteiger partial charge in [-0.25, -0.2) is 4.39 Å². The van der Waals surface area contributed by atoms with Crippen molar-refractivity contribution in [3.05, 3.63) is 29.6 Å². The topological polar surface area (TPSA) is 39.1 Å². The van der Waals surface area contributed by atoms with Crippen LogP contribution >= 0.6 is 0 Å². The Kier molecular flexibility index (Phi) is 5.37. The van der Waals surface area contributed by atoms with Crippen LogP contribution in [0, 0.1) is 17.1 Å². The molecule has 1 aliphatic rings. The Labute approximate surface area is 120 Å². The highest BCUT2D eigenvalue weighted by molar-refractivity contribution is 5.52. The van der Waals surface area contributed by atoms with Crippen LogP contribution in [0.5, 0.6) is 0 Å². The Morgan fingerprint density at radius 2 is 2.25 bits per heavy atom. The van der Waals surface area contributed by atoms with Gasteiger partial charge in [0, 0.05) is 24.8 Å². The van der Waals surface area contributed by atoms with Gasteiger partial charge in [0.15, 0.2) is 0 Å². The number of anilines is 1. The first-order valence-corrected chi connectivity index (χ1v) is 7.42. The van der Waals surface area contributed by atoms with E-state index in [-0.39, 0.29) is 5.82 Å². The van der Waals surface area contributed by atoms with Crippen LogP contribution in [0.3, 0.4) is 0 Å². The van der Waals surface area contributed by atoms with E-state index in [1.54, 1.807) is 6.07 Å². The lowest BCUT2D eigenvalue weighted by molar-refractivity contribution is 0.399. The van der Waals surface area contributed by atoms with Crippen LogP contribution < -0.4 is 10.2 Å². The van der Waals surface area contributed by atoms with Gasteiger partial charge in [-0.2, -0.15) is 5.26 Å². The molecule has 1 unspecified atom stereocenters. The van der Waals surface area contributed by atoms with Crippen molar-refractivity contribution >= 4 is 5.69 Å². The highest BCUT2D eigenvalue weighted by Gasteiger charge is 2.17. The molecular weight excluding hydrogens is 253 g/mol. The zero-order valence-electron chi connectivity index (χ0n) is 12.0. The van der Waals surface area contributed by atoms with Gasteiger partial charge in [-0.05, 0) is 44.0 Å². The molecule has 4 heteroatoms. The molecule has 0 spiro atoms. The standard InChI is InChI=1S/C16H22FN3/c1-2-7-20(12-15-5-3-4-6-19-15)16-9-13(11-18)8-14(17)10-16/h8-10,15,19H,2-7,12H2,1H3. The summed E-state index contributed by atoms with van der Waals surface area (Å²) in [5.41, 5.74) is 1.20. The Morgan fingerprint density at radius 3 is 2.90 bits per heavy atom. The van der Waals surface area contributed by atoms with E-state index < -0.39 is 0 Å². The number of nitriles is 1. The molecule has 2 rings (SSSR count). The number of rotatable bonds is 5. The number of nitrogens with zero attached hydrogens (tertiary/aromatic N) is 2. The second kappa shape index (κ2) is 7.25. The van der Waals surface area contributed by atoms with Gasteiger partial charge < -0.3 is 10.2 Å². The van der Waals surface area contributed by atoms with E-state index in [2.05, 4.69) is 17.1 Å². The monoisotopic (exact) mass is 275 g/mol. The highest BCUT2D eigenvalue weighted by atomic mass is 19.1. The molecule has 108 valence electrons. The average molecular weight is 275 g/mol. The Balaban J connectivity index is 2.14. The molecule has 1 N–H and O–H groups in total. The summed E-state index contributed by atoms with van der Waals surface area (Å²) in [6.45, 7) is 4.94. The third-order valence-corrected chi connectivity index (χ3v) is 3.72. The summed E-state index contributed by atoms with van der Waals surface area (Å²) < 4.78 is 13.6. The number of benzene rings is 1. The fourth-order valence-corrected chi connectivity index (χ4v) is 2.76. The first-order valence-electron chi connectivity index (χ1n) is 7.42. The van der Waals surface area contributed by atoms with Gasteiger partial charge in [-0.1, -0.05) is 13.3 Å². The van der Waals surface area contributed by atoms with Crippen molar-refractivity contribution in [2.75, 3.05) is 24.5 Å². The van der Waals surface area contributed by atoms with E-state index >= 15 is 0 Å². The molecular formula is C16H22FN3. The van der Waals surface area contributed by atoms with Gasteiger partial charge in [0.05, 0.1) is 11.6 Å². The molecule has 1 aliphatic heterocycles. The third-order valence-electron chi connectivity index (χ3n) is 3.72. The average Bonchev–Trinajstić information content (AvgIpc) is 2.47. The molecule has 0 aromatic heterocycles. The summed E-state index contributed by atoms with van der Waals surface area (Å²) in [6, 6.07) is 7.08. The van der Waals surface area contributed by atoms with Gasteiger partial charge in [0.2, 0.25) is 0 Å². The quantitative estimate of drug-likeness (QED) is 0.897. The van der Waals surface area contributed by atoms with E-state index in [9.17, 15) is 4.39 Å². The SMILES string of the molecule is CCCN(CC1CCCCN1)c1cc(F)cc(C#N)c1. The predicted molar refractivity (Wildman–Crippen MR) is 79.3 cm³/mol. The van der Waals surface area contributed by atoms with Crippen LogP contribution in [0.15, 0.2) is 18.2 Å². The molecule has 1 aromatic rings. The van der Waals surface area contributed by atoms with Crippen molar-refractivity contribution in [3.8, 4) is 6.07 Å². The minimum atomic E-state index is -0.336. The lowest BCUT2D eigenvalue weighted by atomic mass is 10.0. The van der Waals surface area contributed by atoms with Crippen LogP contribution in [0.2, 0.25) is 0 Å². The second-order valence-corrected chi connectivity index (χ2v) is 5.40. The molecule has 0 radical (unpaired) electrons. The van der Waals surface area contributed by atoms with Crippen molar-refractivity contribution < 1.29 is 4.39 Å². The maximum absolute atomic E-state index is 13.6. The third kappa shape index (κ3) is 3.94. The lowest BCUT2D eigenvalue weighted by Crippen LogP contribution is -2.44. The first-order chi connectivity index (χ1) is 9.72. The number of halogens is 1. The maximum atomic E-state index is 13.6. The van der Waals surface area contributed by atoms with E-state index in [1.807, 2.05) is 6.07 Å². The lowest BCUT2D eigenvalue weighted by Gasteiger charge is -2.32. The number of hydrogen-bond acceptors (Lipinski definition) is 3. The van der Waals surface area contributed by atoms with Gasteiger partial charge in [-0.15, -0.1) is 0 Å². The summed E-state index contributed by atoms with van der Waals surface area (Å²) in [5.74, 6) is -0.336. The second-order valence-electron chi connectivity index (χ2n) is 5.40. The Bertz CT molecular complexity index is 475. The molecule has 1 atom stereocenters. The van der Waals surface area contributed by atoms with Gasteiger partial charge >= 0.3 is 0 Å². The molecule has 1 aromatic carbocycles. The first kappa shape index (κ1) is 14.8. The minimum Gasteiger partial charge on any atom is -0.370 e. The highest BCUT2D eigenvalue weighted by Crippen LogP contribution is 2.20. The molecule has 0 saturated carbocycles. The fourth-order valence-electron chi connectivity index (χ4n) is 2.76. The Morgan fingerprint density at radius 1 is 1.40 bits per heavy atom. The predicted octanol–water partition coefficient (Wildman–Crippen LogP) is 3.06. The largest absolute Gasteiger partial charge is 0.370 e. The van der Waals surface area contributed by atoms with Crippen LogP contribution in [-0.4, -0.2) is 25.7 Å². The van der Waals surface area contributed by atoms with Crippen LogP contribution in [0.4, 0.5) is 10.1 Å². The summed E-state index contributed by atoms with van der Waals surface area (Å²) in [4.78, 5) is 2.19. The molecule has 1 heterocycles. The Hall–Kier alpha value is -1.60. The van der Waals surface area contributed by atoms with Crippen molar-refractivity contribution in [2.24, 2.45) is 0 Å². The van der Waals surface area contributed by atoms with Crippen LogP contribution in [-0.2, 0) is 0 Å². The normalized spacial score (nSPS) is 18.6. The van der Waals surface area contributed by atoms with E-state index in [4.69, 9.17) is 5.26 Å². The van der Waals surface area contributed by atoms with Gasteiger partial charge in [0.1, 0.15) is 5.82 Å². The van der Waals surface area contributed by atoms with Crippen molar-refractivity contribution in [2.45, 2.75) is 38.6 Å². The van der Waals surface area contributed by atoms with E-state index in [0.29, 0.717) is 11.6 Å². The smallest absolute Gasteiger partial charge is 0.126 e. The minimum absolute atomic E-state index is 0.336.